The van der Waals surface area contributed by atoms with Gasteiger partial charge in [0.15, 0.2) is 0 Å². The Morgan fingerprint density at radius 3 is 2.52 bits per heavy atom. The number of imidazole rings is 1. The van der Waals surface area contributed by atoms with Crippen LogP contribution in [0.3, 0.4) is 0 Å². The van der Waals surface area contributed by atoms with Crippen LogP contribution in [0.25, 0.3) is 11.0 Å². The fraction of sp³-hybridized carbons (Fsp3) is 0.400. The van der Waals surface area contributed by atoms with E-state index in [0.717, 1.165) is 29.0 Å². The maximum absolute atomic E-state index is 13.0. The lowest BCUT2D eigenvalue weighted by atomic mass is 10.1. The number of para-hydroxylation sites is 3. The summed E-state index contributed by atoms with van der Waals surface area (Å²) in [7, 11) is 0. The SMILES string of the molecule is CCc1ccccc1N1CC(c2nc3ccccc3n2CC(=O)N(CC)CC)CC1=O. The van der Waals surface area contributed by atoms with Crippen LogP contribution in [0.1, 0.15) is 44.5 Å². The Morgan fingerprint density at radius 2 is 1.77 bits per heavy atom. The number of likely N-dealkylation sites (N-methyl/N-ethyl adjacent to an activating group) is 1. The van der Waals surface area contributed by atoms with Gasteiger partial charge in [0, 0.05) is 37.7 Å². The molecule has 3 aromatic rings. The van der Waals surface area contributed by atoms with Gasteiger partial charge in [-0.25, -0.2) is 4.98 Å². The minimum Gasteiger partial charge on any atom is -0.342 e. The highest BCUT2D eigenvalue weighted by Crippen LogP contribution is 2.34. The number of hydrogen-bond acceptors (Lipinski definition) is 3. The van der Waals surface area contributed by atoms with Gasteiger partial charge in [0.25, 0.3) is 0 Å². The molecule has 1 aromatic heterocycles. The molecular formula is C25H30N4O2. The Hall–Kier alpha value is -3.15. The van der Waals surface area contributed by atoms with Crippen molar-refractivity contribution in [2.45, 2.75) is 46.1 Å². The zero-order valence-electron chi connectivity index (χ0n) is 18.5. The molecule has 1 fully saturated rings. The Balaban J connectivity index is 1.70. The van der Waals surface area contributed by atoms with Crippen molar-refractivity contribution in [1.29, 1.82) is 0 Å². The Kier molecular flexibility index (Phi) is 6.07. The number of hydrogen-bond donors (Lipinski definition) is 0. The average Bonchev–Trinajstić information content (AvgIpc) is 3.35. The molecule has 2 amide bonds. The van der Waals surface area contributed by atoms with E-state index in [-0.39, 0.29) is 24.3 Å². The molecule has 0 radical (unpaired) electrons. The van der Waals surface area contributed by atoms with Crippen molar-refractivity contribution in [3.05, 3.63) is 59.9 Å². The molecule has 0 bridgehead atoms. The molecule has 162 valence electrons. The third kappa shape index (κ3) is 3.94. The Labute approximate surface area is 183 Å². The smallest absolute Gasteiger partial charge is 0.242 e. The van der Waals surface area contributed by atoms with Crippen molar-refractivity contribution in [3.63, 3.8) is 0 Å². The molecule has 1 aliphatic heterocycles. The fourth-order valence-corrected chi connectivity index (χ4v) is 4.57. The maximum Gasteiger partial charge on any atom is 0.242 e. The molecule has 0 aliphatic carbocycles. The second-order valence-corrected chi connectivity index (χ2v) is 8.00. The fourth-order valence-electron chi connectivity index (χ4n) is 4.57. The van der Waals surface area contributed by atoms with E-state index in [1.54, 1.807) is 0 Å². The predicted octanol–water partition coefficient (Wildman–Crippen LogP) is 3.99. The highest BCUT2D eigenvalue weighted by molar-refractivity contribution is 5.97. The molecule has 4 rings (SSSR count). The number of aromatic nitrogens is 2. The second-order valence-electron chi connectivity index (χ2n) is 8.00. The molecule has 1 atom stereocenters. The third-order valence-corrected chi connectivity index (χ3v) is 6.25. The molecule has 0 saturated carbocycles. The van der Waals surface area contributed by atoms with Crippen molar-refractivity contribution in [2.75, 3.05) is 24.5 Å². The molecule has 1 aliphatic rings. The van der Waals surface area contributed by atoms with E-state index < -0.39 is 0 Å². The van der Waals surface area contributed by atoms with Gasteiger partial charge in [-0.05, 0) is 44.0 Å². The summed E-state index contributed by atoms with van der Waals surface area (Å²) in [6.07, 6.45) is 1.28. The second kappa shape index (κ2) is 8.92. The summed E-state index contributed by atoms with van der Waals surface area (Å²) >= 11 is 0. The molecule has 1 unspecified atom stereocenters. The van der Waals surface area contributed by atoms with E-state index in [1.807, 2.05) is 70.7 Å². The first-order valence-corrected chi connectivity index (χ1v) is 11.2. The third-order valence-electron chi connectivity index (χ3n) is 6.25. The first kappa shape index (κ1) is 21.1. The minimum atomic E-state index is -0.0469. The van der Waals surface area contributed by atoms with Crippen molar-refractivity contribution in [1.82, 2.24) is 14.5 Å². The van der Waals surface area contributed by atoms with Gasteiger partial charge < -0.3 is 14.4 Å². The van der Waals surface area contributed by atoms with Gasteiger partial charge in [-0.3, -0.25) is 9.59 Å². The van der Waals surface area contributed by atoms with Gasteiger partial charge in [0.2, 0.25) is 11.8 Å². The molecule has 6 nitrogen and oxygen atoms in total. The molecule has 0 N–H and O–H groups in total. The Morgan fingerprint density at radius 1 is 1.06 bits per heavy atom. The van der Waals surface area contributed by atoms with Crippen molar-refractivity contribution in [3.8, 4) is 0 Å². The minimum absolute atomic E-state index is 0.0469. The summed E-state index contributed by atoms with van der Waals surface area (Å²) in [6, 6.07) is 16.0. The predicted molar refractivity (Wildman–Crippen MR) is 123 cm³/mol. The maximum atomic E-state index is 13.0. The summed E-state index contributed by atoms with van der Waals surface area (Å²) in [5.74, 6) is 0.965. The summed E-state index contributed by atoms with van der Waals surface area (Å²) in [4.78, 5) is 34.5. The van der Waals surface area contributed by atoms with Gasteiger partial charge in [-0.1, -0.05) is 37.3 Å². The van der Waals surface area contributed by atoms with Gasteiger partial charge in [0.1, 0.15) is 12.4 Å². The van der Waals surface area contributed by atoms with Crippen LogP contribution in [0, 0.1) is 0 Å². The number of rotatable bonds is 7. The molecule has 31 heavy (non-hydrogen) atoms. The van der Waals surface area contributed by atoms with Crippen LogP contribution >= 0.6 is 0 Å². The van der Waals surface area contributed by atoms with Gasteiger partial charge in [0.05, 0.1) is 11.0 Å². The lowest BCUT2D eigenvalue weighted by Crippen LogP contribution is -2.34. The van der Waals surface area contributed by atoms with Crippen molar-refractivity contribution < 1.29 is 9.59 Å². The van der Waals surface area contributed by atoms with Crippen LogP contribution in [-0.2, 0) is 22.6 Å². The topological polar surface area (TPSA) is 58.4 Å². The lowest BCUT2D eigenvalue weighted by Gasteiger charge is -2.22. The van der Waals surface area contributed by atoms with E-state index in [9.17, 15) is 9.59 Å². The number of benzene rings is 2. The zero-order chi connectivity index (χ0) is 22.0. The summed E-state index contributed by atoms with van der Waals surface area (Å²) < 4.78 is 2.02. The average molecular weight is 419 g/mol. The normalized spacial score (nSPS) is 16.3. The number of nitrogens with zero attached hydrogens (tertiary/aromatic N) is 4. The van der Waals surface area contributed by atoms with E-state index >= 15 is 0 Å². The molecule has 0 spiro atoms. The molecular weight excluding hydrogens is 388 g/mol. The number of amides is 2. The highest BCUT2D eigenvalue weighted by Gasteiger charge is 2.35. The number of anilines is 1. The quantitative estimate of drug-likeness (QED) is 0.583. The zero-order valence-corrected chi connectivity index (χ0v) is 18.5. The van der Waals surface area contributed by atoms with Crippen molar-refractivity contribution in [2.24, 2.45) is 0 Å². The van der Waals surface area contributed by atoms with Crippen molar-refractivity contribution >= 4 is 28.5 Å². The number of aryl methyl sites for hydroxylation is 1. The number of fused-ring (bicyclic) bond motifs is 1. The van der Waals surface area contributed by atoms with E-state index in [0.29, 0.717) is 26.1 Å². The first-order valence-electron chi connectivity index (χ1n) is 11.2. The van der Waals surface area contributed by atoms with Gasteiger partial charge >= 0.3 is 0 Å². The summed E-state index contributed by atoms with van der Waals surface area (Å²) in [5, 5.41) is 0. The summed E-state index contributed by atoms with van der Waals surface area (Å²) in [6.45, 7) is 8.28. The number of carbonyl (C=O) groups is 2. The molecule has 2 heterocycles. The van der Waals surface area contributed by atoms with Crippen LogP contribution in [0.5, 0.6) is 0 Å². The Bertz CT molecular complexity index is 1100. The van der Waals surface area contributed by atoms with Gasteiger partial charge in [-0.15, -0.1) is 0 Å². The molecule has 6 heteroatoms. The largest absolute Gasteiger partial charge is 0.342 e. The van der Waals surface area contributed by atoms with E-state index in [2.05, 4.69) is 13.0 Å². The van der Waals surface area contributed by atoms with Gasteiger partial charge in [-0.2, -0.15) is 0 Å². The van der Waals surface area contributed by atoms with Crippen LogP contribution in [0.2, 0.25) is 0 Å². The van der Waals surface area contributed by atoms with Crippen LogP contribution in [0.4, 0.5) is 5.69 Å². The van der Waals surface area contributed by atoms with Crippen LogP contribution in [-0.4, -0.2) is 45.9 Å². The van der Waals surface area contributed by atoms with E-state index in [1.165, 1.54) is 5.56 Å². The van der Waals surface area contributed by atoms with Crippen LogP contribution < -0.4 is 4.90 Å². The van der Waals surface area contributed by atoms with Crippen LogP contribution in [0.15, 0.2) is 48.5 Å². The molecule has 1 saturated heterocycles. The van der Waals surface area contributed by atoms with E-state index in [4.69, 9.17) is 4.98 Å². The lowest BCUT2D eigenvalue weighted by molar-refractivity contribution is -0.131. The molecule has 2 aromatic carbocycles. The monoisotopic (exact) mass is 418 g/mol. The number of carbonyl (C=O) groups excluding carboxylic acids is 2. The standard InChI is InChI=1S/C25H30N4O2/c1-4-18-11-7-9-13-21(18)28-16-19(15-23(28)30)25-26-20-12-8-10-14-22(20)29(25)17-24(31)27(5-2)6-3/h7-14,19H,4-6,15-17H2,1-3H3. The summed E-state index contributed by atoms with van der Waals surface area (Å²) in [5.41, 5.74) is 3.96. The first-order chi connectivity index (χ1) is 15.1. The highest BCUT2D eigenvalue weighted by atomic mass is 16.2.